The zero-order chi connectivity index (χ0) is 22.7. The first-order valence-electron chi connectivity index (χ1n) is 12.4. The normalized spacial score (nSPS) is 38.1. The molecule has 2 aromatic rings. The molecule has 4 aliphatic carbocycles. The molecule has 2 bridgehead atoms. The summed E-state index contributed by atoms with van der Waals surface area (Å²) in [5, 5.41) is 12.0. The molecule has 3 heteroatoms. The van der Waals surface area contributed by atoms with Crippen LogP contribution in [-0.4, -0.2) is 17.8 Å². The molecule has 6 atom stereocenters. The van der Waals surface area contributed by atoms with Crippen LogP contribution in [-0.2, 0) is 17.8 Å². The minimum absolute atomic E-state index is 0.0523. The molecule has 1 N–H and O–H groups in total. The van der Waals surface area contributed by atoms with Crippen molar-refractivity contribution in [2.45, 2.75) is 57.2 Å². The molecule has 6 rings (SSSR count). The molecule has 2 aromatic carbocycles. The van der Waals surface area contributed by atoms with E-state index in [1.807, 2.05) is 24.5 Å². The highest BCUT2D eigenvalue weighted by molar-refractivity contribution is 5.45. The Morgan fingerprint density at radius 1 is 1.09 bits per heavy atom. The van der Waals surface area contributed by atoms with Crippen LogP contribution in [0, 0.1) is 22.7 Å². The summed E-state index contributed by atoms with van der Waals surface area (Å²) < 4.78 is 11.4. The average Bonchev–Trinajstić information content (AvgIpc) is 3.20. The van der Waals surface area contributed by atoms with E-state index in [0.29, 0.717) is 18.4 Å². The molecule has 2 fully saturated rings. The van der Waals surface area contributed by atoms with Gasteiger partial charge in [-0.3, -0.25) is 0 Å². The maximum Gasteiger partial charge on any atom is 0.119 e. The molecule has 0 radical (unpaired) electrons. The van der Waals surface area contributed by atoms with Gasteiger partial charge in [-0.1, -0.05) is 55.5 Å². The van der Waals surface area contributed by atoms with Crippen LogP contribution in [0.3, 0.4) is 0 Å². The average molecular weight is 443 g/mol. The molecule has 2 saturated carbocycles. The molecule has 0 aromatic heterocycles. The van der Waals surface area contributed by atoms with Crippen LogP contribution in [0.5, 0.6) is 5.75 Å². The van der Waals surface area contributed by atoms with Crippen molar-refractivity contribution in [2.75, 3.05) is 7.11 Å². The summed E-state index contributed by atoms with van der Waals surface area (Å²) in [6.45, 7) is 2.91. The molecule has 3 nitrogen and oxygen atoms in total. The van der Waals surface area contributed by atoms with Gasteiger partial charge in [0.25, 0.3) is 0 Å². The van der Waals surface area contributed by atoms with Gasteiger partial charge in [0.2, 0.25) is 0 Å². The fraction of sp³-hybridized carbons (Fsp3) is 0.467. The van der Waals surface area contributed by atoms with E-state index in [1.54, 1.807) is 7.11 Å². The zero-order valence-electron chi connectivity index (χ0n) is 19.7. The van der Waals surface area contributed by atoms with E-state index in [-0.39, 0.29) is 16.7 Å². The van der Waals surface area contributed by atoms with Gasteiger partial charge < -0.3 is 14.6 Å². The lowest BCUT2D eigenvalue weighted by atomic mass is 9.48. The zero-order valence-corrected chi connectivity index (χ0v) is 19.7. The number of hydrogen-bond acceptors (Lipinski definition) is 3. The second-order valence-corrected chi connectivity index (χ2v) is 10.8. The van der Waals surface area contributed by atoms with Gasteiger partial charge in [0.1, 0.15) is 12.4 Å². The summed E-state index contributed by atoms with van der Waals surface area (Å²) in [6, 6.07) is 16.9. The van der Waals surface area contributed by atoms with Crippen LogP contribution in [0.25, 0.3) is 0 Å². The van der Waals surface area contributed by atoms with E-state index in [0.717, 1.165) is 37.0 Å². The predicted molar refractivity (Wildman–Crippen MR) is 130 cm³/mol. The van der Waals surface area contributed by atoms with Crippen molar-refractivity contribution in [1.29, 1.82) is 0 Å². The fourth-order valence-electron chi connectivity index (χ4n) is 8.00. The highest BCUT2D eigenvalue weighted by atomic mass is 16.5. The second kappa shape index (κ2) is 7.50. The van der Waals surface area contributed by atoms with Crippen molar-refractivity contribution in [2.24, 2.45) is 22.7 Å². The number of aryl methyl sites for hydroxylation is 1. The summed E-state index contributed by atoms with van der Waals surface area (Å²) in [5.41, 5.74) is 3.28. The van der Waals surface area contributed by atoms with Gasteiger partial charge >= 0.3 is 0 Å². The Bertz CT molecular complexity index is 1100. The second-order valence-electron chi connectivity index (χ2n) is 10.8. The van der Waals surface area contributed by atoms with Crippen molar-refractivity contribution in [3.05, 3.63) is 89.7 Å². The molecule has 0 amide bonds. The Kier molecular flexibility index (Phi) is 4.78. The number of fused-ring (bicyclic) bond motifs is 3. The monoisotopic (exact) mass is 442 g/mol. The lowest BCUT2D eigenvalue weighted by Gasteiger charge is -2.56. The van der Waals surface area contributed by atoms with Gasteiger partial charge in [-0.15, -0.1) is 0 Å². The molecular weight excluding hydrogens is 408 g/mol. The number of benzene rings is 2. The topological polar surface area (TPSA) is 38.7 Å². The van der Waals surface area contributed by atoms with Crippen molar-refractivity contribution in [1.82, 2.24) is 0 Å². The summed E-state index contributed by atoms with van der Waals surface area (Å²) in [5.74, 6) is 2.20. The largest absolute Gasteiger partial charge is 0.497 e. The fourth-order valence-corrected chi connectivity index (χ4v) is 8.00. The van der Waals surface area contributed by atoms with Gasteiger partial charge in [0, 0.05) is 16.7 Å². The smallest absolute Gasteiger partial charge is 0.119 e. The number of aliphatic hydroxyl groups is 1. The number of allylic oxidation sites excluding steroid dienone is 1. The van der Waals surface area contributed by atoms with Gasteiger partial charge in [0.05, 0.1) is 19.0 Å². The lowest BCUT2D eigenvalue weighted by molar-refractivity contribution is -0.0935. The lowest BCUT2D eigenvalue weighted by Crippen LogP contribution is -2.53. The Hall–Kier alpha value is -2.52. The minimum atomic E-state index is -0.787. The number of rotatable bonds is 5. The summed E-state index contributed by atoms with van der Waals surface area (Å²) in [4.78, 5) is 0. The molecular formula is C30H34O3. The van der Waals surface area contributed by atoms with Crippen LogP contribution < -0.4 is 4.74 Å². The van der Waals surface area contributed by atoms with Crippen molar-refractivity contribution in [3.63, 3.8) is 0 Å². The third kappa shape index (κ3) is 2.84. The van der Waals surface area contributed by atoms with Gasteiger partial charge in [-0.05, 0) is 78.8 Å². The molecule has 0 spiro atoms. The number of hydrogen-bond donors (Lipinski definition) is 1. The van der Waals surface area contributed by atoms with Crippen molar-refractivity contribution in [3.8, 4) is 5.75 Å². The third-order valence-electron chi connectivity index (χ3n) is 9.75. The minimum Gasteiger partial charge on any atom is -0.497 e. The third-order valence-corrected chi connectivity index (χ3v) is 9.75. The van der Waals surface area contributed by atoms with Crippen LogP contribution in [0.1, 0.15) is 55.2 Å². The van der Waals surface area contributed by atoms with Gasteiger partial charge in [-0.2, -0.15) is 0 Å². The summed E-state index contributed by atoms with van der Waals surface area (Å²) in [6.07, 6.45) is 14.0. The maximum absolute atomic E-state index is 12.0. The van der Waals surface area contributed by atoms with Crippen LogP contribution in [0.2, 0.25) is 0 Å². The number of methoxy groups -OCH3 is 1. The molecule has 0 heterocycles. The Morgan fingerprint density at radius 3 is 2.76 bits per heavy atom. The highest BCUT2D eigenvalue weighted by Crippen LogP contribution is 2.76. The van der Waals surface area contributed by atoms with Gasteiger partial charge in [-0.25, -0.2) is 0 Å². The first kappa shape index (κ1) is 21.0. The van der Waals surface area contributed by atoms with E-state index in [2.05, 4.69) is 55.5 Å². The van der Waals surface area contributed by atoms with Crippen molar-refractivity contribution < 1.29 is 14.6 Å². The van der Waals surface area contributed by atoms with Crippen molar-refractivity contribution >= 4 is 0 Å². The summed E-state index contributed by atoms with van der Waals surface area (Å²) >= 11 is 0. The first-order chi connectivity index (χ1) is 16.0. The quantitative estimate of drug-likeness (QED) is 0.444. The van der Waals surface area contributed by atoms with E-state index >= 15 is 0 Å². The maximum atomic E-state index is 12.0. The summed E-state index contributed by atoms with van der Waals surface area (Å²) in [7, 11) is 1.75. The van der Waals surface area contributed by atoms with E-state index in [1.165, 1.54) is 17.5 Å². The molecule has 172 valence electrons. The molecule has 0 aliphatic heterocycles. The Morgan fingerprint density at radius 2 is 1.94 bits per heavy atom. The van der Waals surface area contributed by atoms with Crippen LogP contribution in [0.15, 0.2) is 73.0 Å². The molecule has 33 heavy (non-hydrogen) atoms. The van der Waals surface area contributed by atoms with E-state index < -0.39 is 5.60 Å². The molecule has 4 aliphatic rings. The standard InChI is InChI=1S/C30H34O3/c1-28-14-12-26-25-10-9-24(32-2)18-22(25)8-11-27(26)29(28)15-16-30(28,31)23(19-29)13-17-33-20-21-6-4-3-5-7-21/h3-7,9-10,13,15-18,23,26-27,31H,8,11-12,14,19-20H2,1-2H3/b17-13+/t23-,26-,27-,28+,29+,30+/m1/s1. The highest BCUT2D eigenvalue weighted by Gasteiger charge is 2.73. The first-order valence-corrected chi connectivity index (χ1v) is 12.4. The SMILES string of the molecule is COc1ccc2c(c1)CC[C@@H]1[C@@H]2CC[C@@]2(C)[C@]13C=C[C@]2(O)[C@H](/C=C/OCc1ccccc1)C3. The Labute approximate surface area is 197 Å². The molecule has 0 unspecified atom stereocenters. The Balaban J connectivity index is 1.26. The van der Waals surface area contributed by atoms with Crippen LogP contribution >= 0.6 is 0 Å². The van der Waals surface area contributed by atoms with Gasteiger partial charge in [0.15, 0.2) is 0 Å². The van der Waals surface area contributed by atoms with E-state index in [4.69, 9.17) is 9.47 Å². The molecule has 0 saturated heterocycles. The predicted octanol–water partition coefficient (Wildman–Crippen LogP) is 6.18. The van der Waals surface area contributed by atoms with Crippen LogP contribution in [0.4, 0.5) is 0 Å². The number of ether oxygens (including phenoxy) is 2. The van der Waals surface area contributed by atoms with E-state index in [9.17, 15) is 5.11 Å².